The van der Waals surface area contributed by atoms with Gasteiger partial charge in [0.25, 0.3) is 0 Å². The SMILES string of the molecule is CCCCCC(=O)O[C@H]1C[C@@H]2[C@H](CC[C@]3(C)[C@@H]4[C@H](C[C@@H]23)O[C@]2(CC[C@@H](C)CO2)[C@H]4C)[C@@]2(C)C[C@@H](O)[C@H](O[C@@H]3O[C@H](CO)[C@@H](O[C@H]4O[C@H](C)[C@@H](O)[C@H](O)[C@@H]4O)[C@H](O)[C@H]3O[C@H]3O[C@H](C)[C@@H](O)[C@H](O)[C@@H]3O)C[C@H]12. The topological polar surface area (TPSA) is 282 Å². The highest BCUT2D eigenvalue weighted by molar-refractivity contribution is 5.69. The molecular weight excluding hydrogens is 917 g/mol. The van der Waals surface area contributed by atoms with E-state index in [9.17, 15) is 50.8 Å². The molecule has 70 heavy (non-hydrogen) atoms. The maximum absolute atomic E-state index is 13.8. The maximum Gasteiger partial charge on any atom is 0.306 e. The van der Waals surface area contributed by atoms with Gasteiger partial charge in [0.15, 0.2) is 24.7 Å². The molecule has 0 bridgehead atoms. The minimum Gasteiger partial charge on any atom is -0.462 e. The van der Waals surface area contributed by atoms with Crippen molar-refractivity contribution in [2.24, 2.45) is 52.3 Å². The molecule has 4 saturated carbocycles. The van der Waals surface area contributed by atoms with Gasteiger partial charge in [-0.15, -0.1) is 0 Å². The first-order chi connectivity index (χ1) is 33.2. The van der Waals surface area contributed by atoms with Gasteiger partial charge in [0.1, 0.15) is 67.1 Å². The quantitative estimate of drug-likeness (QED) is 0.0759. The average Bonchev–Trinajstić information content (AvgIpc) is 3.77. The van der Waals surface area contributed by atoms with Crippen LogP contribution in [0, 0.1) is 52.3 Å². The first kappa shape index (κ1) is 53.6. The Balaban J connectivity index is 0.981. The van der Waals surface area contributed by atoms with Gasteiger partial charge in [-0.25, -0.2) is 0 Å². The van der Waals surface area contributed by atoms with Crippen molar-refractivity contribution in [1.29, 1.82) is 0 Å². The molecule has 29 atom stereocenters. The summed E-state index contributed by atoms with van der Waals surface area (Å²) in [5.41, 5.74) is -0.495. The molecule has 0 aromatic heterocycles. The number of unbranched alkanes of at least 4 members (excludes halogenated alkanes) is 2. The van der Waals surface area contributed by atoms with Crippen LogP contribution in [-0.4, -0.2) is 187 Å². The van der Waals surface area contributed by atoms with Crippen LogP contribution in [0.1, 0.15) is 126 Å². The summed E-state index contributed by atoms with van der Waals surface area (Å²) in [5.74, 6) is 0.718. The molecule has 1 spiro atoms. The van der Waals surface area contributed by atoms with Gasteiger partial charge in [-0.2, -0.15) is 0 Å². The third-order valence-electron chi connectivity index (χ3n) is 19.5. The number of hydrogen-bond acceptors (Lipinski definition) is 19. The lowest BCUT2D eigenvalue weighted by Crippen LogP contribution is -2.67. The molecule has 9 N–H and O–H groups in total. The van der Waals surface area contributed by atoms with Gasteiger partial charge in [-0.05, 0) is 106 Å². The molecule has 9 rings (SSSR count). The van der Waals surface area contributed by atoms with Crippen LogP contribution in [0.15, 0.2) is 0 Å². The molecular formula is C51H84O19. The molecule has 402 valence electrons. The normalized spacial score (nSPS) is 55.6. The van der Waals surface area contributed by atoms with Crippen LogP contribution in [0.3, 0.4) is 0 Å². The van der Waals surface area contributed by atoms with Gasteiger partial charge in [0, 0.05) is 24.7 Å². The van der Waals surface area contributed by atoms with Crippen molar-refractivity contribution in [3.63, 3.8) is 0 Å². The van der Waals surface area contributed by atoms with Crippen LogP contribution in [-0.2, 0) is 47.4 Å². The first-order valence-corrected chi connectivity index (χ1v) is 26.7. The van der Waals surface area contributed by atoms with Crippen molar-refractivity contribution in [3.05, 3.63) is 0 Å². The summed E-state index contributed by atoms with van der Waals surface area (Å²) >= 11 is 0. The summed E-state index contributed by atoms with van der Waals surface area (Å²) < 4.78 is 56.9. The second-order valence-electron chi connectivity index (χ2n) is 23.7. The van der Waals surface area contributed by atoms with Crippen molar-refractivity contribution in [2.45, 2.75) is 248 Å². The van der Waals surface area contributed by atoms with Crippen LogP contribution in [0.25, 0.3) is 0 Å². The lowest BCUT2D eigenvalue weighted by Gasteiger charge is -2.63. The third kappa shape index (κ3) is 9.35. The highest BCUT2D eigenvalue weighted by atomic mass is 16.8. The number of ether oxygens (including phenoxy) is 9. The smallest absolute Gasteiger partial charge is 0.306 e. The van der Waals surface area contributed by atoms with Crippen molar-refractivity contribution >= 4 is 5.97 Å². The third-order valence-corrected chi connectivity index (χ3v) is 19.5. The molecule has 4 aliphatic carbocycles. The molecule has 5 aliphatic heterocycles. The van der Waals surface area contributed by atoms with E-state index in [2.05, 4.69) is 34.6 Å². The van der Waals surface area contributed by atoms with E-state index < -0.39 is 128 Å². The second-order valence-corrected chi connectivity index (χ2v) is 23.7. The monoisotopic (exact) mass is 1000 g/mol. The van der Waals surface area contributed by atoms with Gasteiger partial charge < -0.3 is 88.6 Å². The molecule has 0 unspecified atom stereocenters. The Kier molecular flexibility index (Phi) is 15.9. The molecule has 9 fully saturated rings. The average molecular weight is 1000 g/mol. The standard InChI is InChI=1S/C51H84O19/c1-8-9-10-11-35(54)65-31-16-26-27(13-14-49(6)28(26)17-33-36(49)23(3)51(70-33)15-12-22(2)21-62-51)50(7)19-30(53)32(18-29(31)50)66-48-45(69-47-42(60)40(58)38(56)25(5)64-47)43(61)44(34(20-52)67-48)68-46-41(59)39(57)37(55)24(4)63-46/h22-34,36-48,52-53,55-61H,8-21H2,1-7H3/t22-,23+,24-,25-,26-,27+,28+,29-,30-,31+,32-,33+,34-,36+,37-,38-,39+,40+,41+,42+,43+,44-,45-,46-,47-,48-,49+,50-,51-/m1/s1. The molecule has 19 nitrogen and oxygen atoms in total. The lowest BCUT2D eigenvalue weighted by atomic mass is 9.43. The van der Waals surface area contributed by atoms with Crippen LogP contribution >= 0.6 is 0 Å². The first-order valence-electron chi connectivity index (χ1n) is 26.7. The zero-order valence-electron chi connectivity index (χ0n) is 42.0. The summed E-state index contributed by atoms with van der Waals surface area (Å²) in [6, 6.07) is 0. The van der Waals surface area contributed by atoms with E-state index in [1.54, 1.807) is 0 Å². The predicted octanol–water partition coefficient (Wildman–Crippen LogP) is 1.39. The minimum atomic E-state index is -1.81. The zero-order chi connectivity index (χ0) is 50.4. The van der Waals surface area contributed by atoms with Crippen LogP contribution in [0.4, 0.5) is 0 Å². The van der Waals surface area contributed by atoms with E-state index >= 15 is 0 Å². The van der Waals surface area contributed by atoms with Crippen LogP contribution < -0.4 is 0 Å². The molecule has 0 amide bonds. The summed E-state index contributed by atoms with van der Waals surface area (Å²) in [4.78, 5) is 13.8. The minimum absolute atomic E-state index is 0.0139. The zero-order valence-corrected chi connectivity index (χ0v) is 42.0. The van der Waals surface area contributed by atoms with Gasteiger partial charge >= 0.3 is 5.97 Å². The van der Waals surface area contributed by atoms with Gasteiger partial charge in [0.2, 0.25) is 0 Å². The second kappa shape index (κ2) is 20.7. The largest absolute Gasteiger partial charge is 0.462 e. The van der Waals surface area contributed by atoms with E-state index in [1.165, 1.54) is 13.8 Å². The van der Waals surface area contributed by atoms with Crippen molar-refractivity contribution in [3.8, 4) is 0 Å². The van der Waals surface area contributed by atoms with Gasteiger partial charge in [-0.3, -0.25) is 4.79 Å². The van der Waals surface area contributed by atoms with Crippen molar-refractivity contribution in [2.75, 3.05) is 13.2 Å². The number of hydrogen-bond donors (Lipinski definition) is 9. The summed E-state index contributed by atoms with van der Waals surface area (Å²) in [6.07, 6.45) is -16.8. The van der Waals surface area contributed by atoms with E-state index in [-0.39, 0.29) is 47.6 Å². The lowest BCUT2D eigenvalue weighted by molar-refractivity contribution is -0.392. The number of fused-ring (bicyclic) bond motifs is 7. The molecule has 0 radical (unpaired) electrons. The Morgan fingerprint density at radius 3 is 1.93 bits per heavy atom. The van der Waals surface area contributed by atoms with E-state index in [0.717, 1.165) is 44.9 Å². The Labute approximate surface area is 411 Å². The summed E-state index contributed by atoms with van der Waals surface area (Å²) in [7, 11) is 0. The van der Waals surface area contributed by atoms with Gasteiger partial charge in [0.05, 0.1) is 43.7 Å². The number of rotatable bonds is 12. The fourth-order valence-electron chi connectivity index (χ4n) is 15.5. The number of aliphatic hydroxyl groups excluding tert-OH is 9. The van der Waals surface area contributed by atoms with Crippen molar-refractivity contribution < 1.29 is 93.4 Å². The Morgan fingerprint density at radius 2 is 1.31 bits per heavy atom. The molecule has 9 aliphatic rings. The van der Waals surface area contributed by atoms with E-state index in [4.69, 9.17) is 42.6 Å². The van der Waals surface area contributed by atoms with Crippen LogP contribution in [0.2, 0.25) is 0 Å². The predicted molar refractivity (Wildman–Crippen MR) is 244 cm³/mol. The molecule has 5 heterocycles. The van der Waals surface area contributed by atoms with E-state index in [1.807, 2.05) is 0 Å². The molecule has 19 heteroatoms. The fraction of sp³-hybridized carbons (Fsp3) is 0.980. The number of aliphatic hydroxyl groups is 9. The van der Waals surface area contributed by atoms with Crippen LogP contribution in [0.5, 0.6) is 0 Å². The number of esters is 1. The van der Waals surface area contributed by atoms with E-state index in [0.29, 0.717) is 50.0 Å². The molecule has 0 aromatic rings. The fourth-order valence-corrected chi connectivity index (χ4v) is 15.5. The Bertz CT molecular complexity index is 1790. The number of carbonyl (C=O) groups is 1. The number of carbonyl (C=O) groups excluding carboxylic acids is 1. The molecule has 0 aromatic carbocycles. The van der Waals surface area contributed by atoms with Gasteiger partial charge in [-0.1, -0.05) is 47.5 Å². The highest BCUT2D eigenvalue weighted by Crippen LogP contribution is 2.72. The Morgan fingerprint density at radius 1 is 0.657 bits per heavy atom. The Hall–Kier alpha value is -1.21. The summed E-state index contributed by atoms with van der Waals surface area (Å²) in [5, 5.41) is 99.2. The summed E-state index contributed by atoms with van der Waals surface area (Å²) in [6.45, 7) is 14.2. The maximum atomic E-state index is 13.8. The van der Waals surface area contributed by atoms with Crippen molar-refractivity contribution in [1.82, 2.24) is 0 Å². The highest BCUT2D eigenvalue weighted by Gasteiger charge is 2.71. The molecule has 5 saturated heterocycles.